The number of methoxy groups -OCH3 is 2. The summed E-state index contributed by atoms with van der Waals surface area (Å²) in [4.78, 5) is 73.1. The number of amides is 4. The third-order valence-corrected chi connectivity index (χ3v) is 13.8. The van der Waals surface area contributed by atoms with Crippen LogP contribution in [0.2, 0.25) is 0 Å². The van der Waals surface area contributed by atoms with Crippen LogP contribution in [0.4, 0.5) is 9.59 Å². The molecule has 2 saturated carbocycles. The van der Waals surface area contributed by atoms with Crippen LogP contribution in [0.3, 0.4) is 0 Å². The lowest BCUT2D eigenvalue weighted by Gasteiger charge is -2.40. The van der Waals surface area contributed by atoms with Gasteiger partial charge in [0.15, 0.2) is 11.5 Å². The van der Waals surface area contributed by atoms with Crippen LogP contribution in [-0.2, 0) is 30.1 Å². The van der Waals surface area contributed by atoms with Crippen molar-refractivity contribution in [1.29, 1.82) is 0 Å². The van der Waals surface area contributed by atoms with Crippen LogP contribution in [0.1, 0.15) is 77.9 Å². The fraction of sp³-hybridized carbons (Fsp3) is 0.511. The number of imidazole rings is 2. The van der Waals surface area contributed by atoms with Gasteiger partial charge in [0.25, 0.3) is 0 Å². The Hall–Kier alpha value is -6.06. The van der Waals surface area contributed by atoms with E-state index in [1.54, 1.807) is 6.20 Å². The van der Waals surface area contributed by atoms with Crippen molar-refractivity contribution in [3.63, 3.8) is 0 Å². The summed E-state index contributed by atoms with van der Waals surface area (Å²) >= 11 is 0. The van der Waals surface area contributed by atoms with E-state index in [0.29, 0.717) is 36.4 Å². The zero-order chi connectivity index (χ0) is 42.8. The van der Waals surface area contributed by atoms with Crippen LogP contribution in [0, 0.1) is 23.7 Å². The lowest BCUT2D eigenvalue weighted by atomic mass is 9.93. The number of carbonyl (C=O) groups excluding carboxylic acids is 4. The Balaban J connectivity index is 0.945. The van der Waals surface area contributed by atoms with E-state index in [1.165, 1.54) is 14.2 Å². The third kappa shape index (κ3) is 6.74. The predicted octanol–water partition coefficient (Wildman–Crippen LogP) is 6.30. The molecule has 2 aliphatic carbocycles. The molecule has 61 heavy (non-hydrogen) atoms. The summed E-state index contributed by atoms with van der Waals surface area (Å²) in [5.74, 6) is 2.97. The van der Waals surface area contributed by atoms with Crippen molar-refractivity contribution in [2.75, 3.05) is 34.1 Å². The molecule has 4 aromatic rings. The van der Waals surface area contributed by atoms with Crippen molar-refractivity contribution in [2.24, 2.45) is 23.7 Å². The minimum Gasteiger partial charge on any atom is -0.453 e. The van der Waals surface area contributed by atoms with Crippen LogP contribution in [-0.4, -0.2) is 99.9 Å². The first-order valence-corrected chi connectivity index (χ1v) is 21.3. The molecular formula is C45H54N8O8. The number of benzene rings is 2. The number of hydrogen-bond donors (Lipinski definition) is 4. The Morgan fingerprint density at radius 2 is 1.15 bits per heavy atom. The van der Waals surface area contributed by atoms with Gasteiger partial charge in [-0.15, -0.1) is 0 Å². The van der Waals surface area contributed by atoms with E-state index >= 15 is 0 Å². The molecule has 3 aliphatic heterocycles. The van der Waals surface area contributed by atoms with Gasteiger partial charge in [-0.1, -0.05) is 52.0 Å². The summed E-state index contributed by atoms with van der Waals surface area (Å²) in [5, 5.41) is 5.50. The third-order valence-electron chi connectivity index (χ3n) is 13.8. The molecule has 4 amide bonds. The molecule has 4 N–H and O–H groups in total. The van der Waals surface area contributed by atoms with Crippen LogP contribution in [0.5, 0.6) is 11.5 Å². The second-order valence-corrected chi connectivity index (χ2v) is 18.0. The maximum atomic E-state index is 14.0. The van der Waals surface area contributed by atoms with Crippen molar-refractivity contribution < 1.29 is 38.1 Å². The number of aromatic nitrogens is 4. The predicted molar refractivity (Wildman–Crippen MR) is 223 cm³/mol. The van der Waals surface area contributed by atoms with Crippen molar-refractivity contribution in [2.45, 2.75) is 89.4 Å². The smallest absolute Gasteiger partial charge is 0.407 e. The average molecular weight is 835 g/mol. The molecule has 6 atom stereocenters. The van der Waals surface area contributed by atoms with Gasteiger partial charge in [0.05, 0.1) is 38.0 Å². The lowest BCUT2D eigenvalue weighted by molar-refractivity contribution is -0.141. The minimum atomic E-state index is -0.720. The van der Waals surface area contributed by atoms with Crippen molar-refractivity contribution in [3.05, 3.63) is 60.4 Å². The van der Waals surface area contributed by atoms with Gasteiger partial charge in [-0.25, -0.2) is 19.6 Å². The largest absolute Gasteiger partial charge is 0.453 e. The summed E-state index contributed by atoms with van der Waals surface area (Å²) in [5.41, 5.74) is 4.02. The fourth-order valence-electron chi connectivity index (χ4n) is 10.6. The highest BCUT2D eigenvalue weighted by Gasteiger charge is 2.58. The highest BCUT2D eigenvalue weighted by Crippen LogP contribution is 2.55. The maximum Gasteiger partial charge on any atom is 0.407 e. The van der Waals surface area contributed by atoms with Crippen LogP contribution < -0.4 is 20.1 Å². The zero-order valence-corrected chi connectivity index (χ0v) is 35.5. The molecule has 2 aromatic heterocycles. The number of carbonyl (C=O) groups is 4. The van der Waals surface area contributed by atoms with Gasteiger partial charge in [-0.05, 0) is 85.5 Å². The van der Waals surface area contributed by atoms with Crippen LogP contribution in [0.25, 0.3) is 33.6 Å². The fourth-order valence-corrected chi connectivity index (χ4v) is 10.6. The second-order valence-electron chi connectivity index (χ2n) is 18.0. The quantitative estimate of drug-likeness (QED) is 0.133. The standard InChI is InChI=1S/C45H54N8O8/c1-24(2)34(50-42(56)58-5)38(54)52-21-26-13-15-44(52,17-26)40-46-19-32(48-40)29-9-7-28(8-10-29)30-11-12-31(37-36(30)60-23-61-37)33-20-47-41(49-33)45-16-14-27(18-45)22-53(45)39(55)35(25(3)4)51-43(57)59-6/h7-12,19-20,24-27,34-35H,13-18,21-23H2,1-6H3,(H,46,48)(H,47,49)(H,50,56)(H,51,57)/t26?,27?,34?,35-,44?,45?/m0/s1. The van der Waals surface area contributed by atoms with Gasteiger partial charge >= 0.3 is 12.2 Å². The summed E-state index contributed by atoms with van der Waals surface area (Å²) < 4.78 is 21.9. The number of nitrogens with one attached hydrogen (secondary N) is 4. The summed E-state index contributed by atoms with van der Waals surface area (Å²) in [6.07, 6.45) is 7.59. The molecule has 5 aliphatic rings. The molecule has 5 unspecified atom stereocenters. The first kappa shape index (κ1) is 40.4. The van der Waals surface area contributed by atoms with E-state index in [2.05, 4.69) is 20.6 Å². The van der Waals surface area contributed by atoms with Gasteiger partial charge in [-0.2, -0.15) is 0 Å². The highest BCUT2D eigenvalue weighted by molar-refractivity contribution is 5.88. The molecule has 16 heteroatoms. The number of piperidine rings is 2. The van der Waals surface area contributed by atoms with Crippen molar-refractivity contribution >= 4 is 24.0 Å². The molecule has 5 heterocycles. The molecule has 0 radical (unpaired) electrons. The molecule has 0 spiro atoms. The number of nitrogens with zero attached hydrogens (tertiary/aromatic N) is 4. The van der Waals surface area contributed by atoms with E-state index in [4.69, 9.17) is 28.9 Å². The van der Waals surface area contributed by atoms with E-state index < -0.39 is 35.3 Å². The number of aromatic amines is 2. The highest BCUT2D eigenvalue weighted by atomic mass is 16.7. The summed E-state index contributed by atoms with van der Waals surface area (Å²) in [6.45, 7) is 8.98. The average Bonchev–Trinajstić information content (AvgIpc) is 4.13. The SMILES string of the molecule is COC(=O)NC(C(=O)N1CC2CCC1(c1ncc(-c3ccc(-c4ccc(-c5cnc(C67CCC(CN6C(=O)[C@@H](NC(=O)OC)C(C)C)C7)[nH]5)c5c4OCO5)cc3)[nH]1)C2)C(C)C. The zero-order valence-electron chi connectivity index (χ0n) is 35.5. The van der Waals surface area contributed by atoms with Crippen LogP contribution in [0.15, 0.2) is 48.8 Å². The monoisotopic (exact) mass is 834 g/mol. The number of alkyl carbamates (subject to hydrolysis) is 2. The number of likely N-dealkylation sites (tertiary alicyclic amines) is 2. The molecule has 4 bridgehead atoms. The Morgan fingerprint density at radius 3 is 1.64 bits per heavy atom. The number of H-pyrrole nitrogens is 2. The number of ether oxygens (including phenoxy) is 4. The van der Waals surface area contributed by atoms with E-state index in [1.807, 2.05) is 80.1 Å². The summed E-state index contributed by atoms with van der Waals surface area (Å²) in [7, 11) is 2.60. The Kier molecular flexibility index (Phi) is 10.2. The maximum absolute atomic E-state index is 14.0. The first-order chi connectivity index (χ1) is 29.3. The van der Waals surface area contributed by atoms with E-state index in [9.17, 15) is 19.2 Å². The molecule has 9 rings (SSSR count). The molecule has 322 valence electrons. The normalized spacial score (nSPS) is 24.4. The van der Waals surface area contributed by atoms with Gasteiger partial charge in [0.1, 0.15) is 34.8 Å². The van der Waals surface area contributed by atoms with E-state index in [-0.39, 0.29) is 30.4 Å². The number of fused-ring (bicyclic) bond motifs is 5. The second kappa shape index (κ2) is 15.4. The van der Waals surface area contributed by atoms with Gasteiger partial charge in [0, 0.05) is 24.2 Å². The summed E-state index contributed by atoms with van der Waals surface area (Å²) in [6, 6.07) is 10.8. The molecule has 4 fully saturated rings. The topological polar surface area (TPSA) is 193 Å². The van der Waals surface area contributed by atoms with Crippen molar-refractivity contribution in [3.8, 4) is 45.1 Å². The molecular weight excluding hydrogens is 781 g/mol. The Morgan fingerprint density at radius 1 is 0.689 bits per heavy atom. The van der Waals surface area contributed by atoms with Crippen LogP contribution >= 0.6 is 0 Å². The molecule has 2 aromatic carbocycles. The lowest BCUT2D eigenvalue weighted by Crippen LogP contribution is -2.56. The van der Waals surface area contributed by atoms with E-state index in [0.717, 1.165) is 83.8 Å². The van der Waals surface area contributed by atoms with Gasteiger partial charge in [-0.3, -0.25) is 9.59 Å². The van der Waals surface area contributed by atoms with Gasteiger partial charge < -0.3 is 49.3 Å². The molecule has 2 saturated heterocycles. The Labute approximate surface area is 354 Å². The first-order valence-electron chi connectivity index (χ1n) is 21.3. The number of hydrogen-bond acceptors (Lipinski definition) is 10. The number of rotatable bonds is 11. The Bertz CT molecular complexity index is 2360. The van der Waals surface area contributed by atoms with Crippen molar-refractivity contribution in [1.82, 2.24) is 40.4 Å². The van der Waals surface area contributed by atoms with Gasteiger partial charge in [0.2, 0.25) is 18.6 Å². The molecule has 16 nitrogen and oxygen atoms in total. The minimum absolute atomic E-state index is 0.0752.